The molecule has 0 aromatic carbocycles. The Morgan fingerprint density at radius 2 is 2.44 bits per heavy atom. The van der Waals surface area contributed by atoms with Gasteiger partial charge in [0.05, 0.1) is 11.8 Å². The van der Waals surface area contributed by atoms with Crippen LogP contribution in [-0.2, 0) is 0 Å². The number of hydrogen-bond donors (Lipinski definition) is 1. The normalized spacial score (nSPS) is 12.2. The van der Waals surface area contributed by atoms with E-state index in [1.165, 1.54) is 12.3 Å². The molecule has 0 aliphatic carbocycles. The van der Waals surface area contributed by atoms with E-state index in [2.05, 4.69) is 17.2 Å². The Morgan fingerprint density at radius 3 is 3.06 bits per heavy atom. The van der Waals surface area contributed by atoms with Crippen molar-refractivity contribution in [3.63, 3.8) is 0 Å². The minimum atomic E-state index is -0.588. The predicted molar refractivity (Wildman–Crippen MR) is 64.1 cm³/mol. The molecule has 0 saturated carbocycles. The van der Waals surface area contributed by atoms with Crippen LogP contribution in [0.4, 0.5) is 4.39 Å². The van der Waals surface area contributed by atoms with Gasteiger partial charge in [0.1, 0.15) is 0 Å². The van der Waals surface area contributed by atoms with Crippen LogP contribution in [0.1, 0.15) is 24.2 Å². The summed E-state index contributed by atoms with van der Waals surface area (Å²) in [5.41, 5.74) is 0.0448. The topological polar surface area (TPSA) is 42.0 Å². The van der Waals surface area contributed by atoms with Gasteiger partial charge >= 0.3 is 0 Å². The van der Waals surface area contributed by atoms with E-state index in [1.807, 2.05) is 6.92 Å². The fourth-order valence-electron chi connectivity index (χ4n) is 1.20. The Kier molecular flexibility index (Phi) is 5.25. The molecule has 88 valence electrons. The van der Waals surface area contributed by atoms with Crippen molar-refractivity contribution in [3.05, 3.63) is 29.8 Å². The van der Waals surface area contributed by atoms with Gasteiger partial charge in [-0.3, -0.25) is 9.78 Å². The highest BCUT2D eigenvalue weighted by Crippen LogP contribution is 2.06. The molecule has 1 aromatic heterocycles. The Morgan fingerprint density at radius 1 is 1.69 bits per heavy atom. The van der Waals surface area contributed by atoms with Gasteiger partial charge in [-0.25, -0.2) is 4.39 Å². The second kappa shape index (κ2) is 6.48. The van der Waals surface area contributed by atoms with Crippen molar-refractivity contribution in [1.82, 2.24) is 10.3 Å². The zero-order valence-corrected chi connectivity index (χ0v) is 10.2. The summed E-state index contributed by atoms with van der Waals surface area (Å²) in [6, 6.07) is 1.41. The lowest BCUT2D eigenvalue weighted by atomic mass is 10.2. The Balaban J connectivity index is 2.56. The first-order valence-electron chi connectivity index (χ1n) is 5.13. The lowest BCUT2D eigenvalue weighted by Crippen LogP contribution is -2.34. The third-order valence-electron chi connectivity index (χ3n) is 1.97. The maximum Gasteiger partial charge on any atom is 0.254 e. The highest BCUT2D eigenvalue weighted by molar-refractivity contribution is 7.99. The number of nitrogens with zero attached hydrogens (tertiary/aromatic N) is 1. The quantitative estimate of drug-likeness (QED) is 0.859. The summed E-state index contributed by atoms with van der Waals surface area (Å²) in [5, 5.41) is 2.74. The summed E-state index contributed by atoms with van der Waals surface area (Å²) in [5.74, 6) is 0.859. The van der Waals surface area contributed by atoms with E-state index < -0.39 is 5.82 Å². The molecule has 5 heteroatoms. The van der Waals surface area contributed by atoms with E-state index in [9.17, 15) is 9.18 Å². The second-order valence-electron chi connectivity index (χ2n) is 3.39. The van der Waals surface area contributed by atoms with Crippen LogP contribution in [0, 0.1) is 5.82 Å². The van der Waals surface area contributed by atoms with Crippen LogP contribution < -0.4 is 5.32 Å². The molecule has 0 spiro atoms. The first-order chi connectivity index (χ1) is 7.65. The average molecular weight is 242 g/mol. The minimum absolute atomic E-state index is 0.0324. The number of thioether (sulfide) groups is 1. The molecule has 1 atom stereocenters. The fourth-order valence-corrected chi connectivity index (χ4v) is 1.87. The van der Waals surface area contributed by atoms with Crippen molar-refractivity contribution in [2.75, 3.05) is 11.5 Å². The van der Waals surface area contributed by atoms with Crippen LogP contribution >= 0.6 is 11.8 Å². The van der Waals surface area contributed by atoms with Gasteiger partial charge in [-0.05, 0) is 18.7 Å². The molecule has 16 heavy (non-hydrogen) atoms. The maximum absolute atomic E-state index is 13.2. The summed E-state index contributed by atoms with van der Waals surface area (Å²) in [6.45, 7) is 3.96. The fraction of sp³-hybridized carbons (Fsp3) is 0.455. The molecule has 1 heterocycles. The average Bonchev–Trinajstić information content (AvgIpc) is 2.26. The monoisotopic (exact) mass is 242 g/mol. The van der Waals surface area contributed by atoms with Crippen LogP contribution in [0.2, 0.25) is 0 Å². The van der Waals surface area contributed by atoms with E-state index in [4.69, 9.17) is 0 Å². The van der Waals surface area contributed by atoms with Gasteiger partial charge in [-0.1, -0.05) is 6.92 Å². The third kappa shape index (κ3) is 3.81. The molecule has 3 nitrogen and oxygen atoms in total. The van der Waals surface area contributed by atoms with Gasteiger partial charge in [-0.15, -0.1) is 0 Å². The molecule has 0 aliphatic rings. The Bertz CT molecular complexity index is 360. The van der Waals surface area contributed by atoms with E-state index >= 15 is 0 Å². The second-order valence-corrected chi connectivity index (χ2v) is 4.71. The van der Waals surface area contributed by atoms with Crippen molar-refractivity contribution >= 4 is 17.7 Å². The molecule has 0 radical (unpaired) electrons. The number of aromatic nitrogens is 1. The molecular formula is C11H15FN2OS. The van der Waals surface area contributed by atoms with Gasteiger partial charge in [-0.2, -0.15) is 11.8 Å². The van der Waals surface area contributed by atoms with Crippen LogP contribution in [-0.4, -0.2) is 28.4 Å². The first kappa shape index (κ1) is 13.0. The van der Waals surface area contributed by atoms with Gasteiger partial charge in [0.15, 0.2) is 5.82 Å². The Hall–Kier alpha value is -1.10. The van der Waals surface area contributed by atoms with Gasteiger partial charge < -0.3 is 5.32 Å². The molecule has 1 aromatic rings. The molecule has 0 fully saturated rings. The third-order valence-corrected chi connectivity index (χ3v) is 3.11. The molecule has 1 amide bonds. The van der Waals surface area contributed by atoms with Crippen LogP contribution in [0.15, 0.2) is 18.5 Å². The number of rotatable bonds is 5. The van der Waals surface area contributed by atoms with E-state index in [-0.39, 0.29) is 17.5 Å². The number of carbonyl (C=O) groups is 1. The first-order valence-corrected chi connectivity index (χ1v) is 6.28. The van der Waals surface area contributed by atoms with E-state index in [1.54, 1.807) is 11.8 Å². The van der Waals surface area contributed by atoms with Crippen molar-refractivity contribution in [2.24, 2.45) is 0 Å². The zero-order valence-electron chi connectivity index (χ0n) is 9.37. The SMILES string of the molecule is CCSCC(C)NC(=O)c1ccncc1F. The molecule has 0 saturated heterocycles. The number of halogens is 1. The van der Waals surface area contributed by atoms with Crippen molar-refractivity contribution in [1.29, 1.82) is 0 Å². The predicted octanol–water partition coefficient (Wildman–Crippen LogP) is 2.09. The van der Waals surface area contributed by atoms with E-state index in [0.717, 1.165) is 17.7 Å². The highest BCUT2D eigenvalue weighted by atomic mass is 32.2. The lowest BCUT2D eigenvalue weighted by Gasteiger charge is -2.13. The number of hydrogen-bond acceptors (Lipinski definition) is 3. The van der Waals surface area contributed by atoms with Crippen molar-refractivity contribution in [2.45, 2.75) is 19.9 Å². The smallest absolute Gasteiger partial charge is 0.254 e. The van der Waals surface area contributed by atoms with Crippen LogP contribution in [0.3, 0.4) is 0 Å². The lowest BCUT2D eigenvalue weighted by molar-refractivity contribution is 0.0939. The van der Waals surface area contributed by atoms with Crippen molar-refractivity contribution < 1.29 is 9.18 Å². The number of pyridine rings is 1. The van der Waals surface area contributed by atoms with Gasteiger partial charge in [0.25, 0.3) is 5.91 Å². The standard InChI is InChI=1S/C11H15FN2OS/c1-3-16-7-8(2)14-11(15)9-4-5-13-6-10(9)12/h4-6,8H,3,7H2,1-2H3,(H,14,15). The minimum Gasteiger partial charge on any atom is -0.349 e. The summed E-state index contributed by atoms with van der Waals surface area (Å²) in [4.78, 5) is 15.2. The number of amides is 1. The molecule has 1 N–H and O–H groups in total. The van der Waals surface area contributed by atoms with E-state index in [0.29, 0.717) is 0 Å². The van der Waals surface area contributed by atoms with Gasteiger partial charge in [0.2, 0.25) is 0 Å². The molecule has 0 aliphatic heterocycles. The molecule has 1 unspecified atom stereocenters. The van der Waals surface area contributed by atoms with Crippen LogP contribution in [0.5, 0.6) is 0 Å². The van der Waals surface area contributed by atoms with Gasteiger partial charge in [0, 0.05) is 18.0 Å². The van der Waals surface area contributed by atoms with Crippen molar-refractivity contribution in [3.8, 4) is 0 Å². The summed E-state index contributed by atoms with van der Waals surface area (Å²) in [6.07, 6.45) is 2.45. The molecule has 1 rings (SSSR count). The number of nitrogens with one attached hydrogen (secondary N) is 1. The molecule has 0 bridgehead atoms. The largest absolute Gasteiger partial charge is 0.349 e. The number of carbonyl (C=O) groups excluding carboxylic acids is 1. The maximum atomic E-state index is 13.2. The Labute approximate surface area is 98.8 Å². The summed E-state index contributed by atoms with van der Waals surface area (Å²) < 4.78 is 13.2. The molecular weight excluding hydrogens is 227 g/mol. The summed E-state index contributed by atoms with van der Waals surface area (Å²) in [7, 11) is 0. The summed E-state index contributed by atoms with van der Waals surface area (Å²) >= 11 is 1.74. The van der Waals surface area contributed by atoms with Crippen LogP contribution in [0.25, 0.3) is 0 Å². The highest BCUT2D eigenvalue weighted by Gasteiger charge is 2.13. The zero-order chi connectivity index (χ0) is 12.0.